The molecule has 1 amide bonds. The molecule has 8 heteroatoms. The summed E-state index contributed by atoms with van der Waals surface area (Å²) in [5.41, 5.74) is 4.46. The Labute approximate surface area is 221 Å². The fourth-order valence-electron chi connectivity index (χ4n) is 6.74. The van der Waals surface area contributed by atoms with Gasteiger partial charge in [0.25, 0.3) is 0 Å². The van der Waals surface area contributed by atoms with Crippen molar-refractivity contribution in [1.29, 1.82) is 0 Å². The van der Waals surface area contributed by atoms with E-state index in [2.05, 4.69) is 30.3 Å². The molecule has 204 valence electrons. The maximum Gasteiger partial charge on any atom is 0.394 e. The van der Waals surface area contributed by atoms with Crippen LogP contribution >= 0.6 is 0 Å². The summed E-state index contributed by atoms with van der Waals surface area (Å²) in [5.74, 6) is -2.53. The largest absolute Gasteiger partial charge is 0.394 e. The average Bonchev–Trinajstić information content (AvgIpc) is 3.27. The van der Waals surface area contributed by atoms with Gasteiger partial charge in [0, 0.05) is 23.8 Å². The molecule has 4 nitrogen and oxygen atoms in total. The van der Waals surface area contributed by atoms with Crippen molar-refractivity contribution in [3.8, 4) is 5.69 Å². The van der Waals surface area contributed by atoms with E-state index in [0.29, 0.717) is 25.7 Å². The summed E-state index contributed by atoms with van der Waals surface area (Å²) >= 11 is 0. The maximum absolute atomic E-state index is 14.1. The molecule has 4 atom stereocenters. The second-order valence-corrected chi connectivity index (χ2v) is 11.2. The van der Waals surface area contributed by atoms with Gasteiger partial charge in [-0.25, -0.2) is 9.07 Å². The lowest BCUT2D eigenvalue weighted by molar-refractivity contribution is -0.187. The third-order valence-electron chi connectivity index (χ3n) is 8.75. The van der Waals surface area contributed by atoms with Gasteiger partial charge in [0.1, 0.15) is 5.82 Å². The molecule has 0 radical (unpaired) electrons. The van der Waals surface area contributed by atoms with Gasteiger partial charge in [-0.05, 0) is 68.0 Å². The van der Waals surface area contributed by atoms with Gasteiger partial charge in [-0.2, -0.15) is 18.3 Å². The molecule has 1 fully saturated rings. The van der Waals surface area contributed by atoms with Gasteiger partial charge in [0.15, 0.2) is 0 Å². The number of carbonyl (C=O) groups is 1. The van der Waals surface area contributed by atoms with Gasteiger partial charge in [0.05, 0.1) is 23.5 Å². The zero-order valence-corrected chi connectivity index (χ0v) is 22.0. The van der Waals surface area contributed by atoms with Crippen molar-refractivity contribution in [1.82, 2.24) is 15.1 Å². The van der Waals surface area contributed by atoms with E-state index in [0.717, 1.165) is 41.8 Å². The highest BCUT2D eigenvalue weighted by Crippen LogP contribution is 2.57. The topological polar surface area (TPSA) is 46.9 Å². The van der Waals surface area contributed by atoms with Crippen molar-refractivity contribution >= 4 is 12.0 Å². The van der Waals surface area contributed by atoms with Gasteiger partial charge in [-0.1, -0.05) is 50.3 Å². The Morgan fingerprint density at radius 2 is 1.95 bits per heavy atom. The van der Waals surface area contributed by atoms with Crippen LogP contribution in [0.5, 0.6) is 0 Å². The van der Waals surface area contributed by atoms with E-state index in [-0.39, 0.29) is 30.5 Å². The quantitative estimate of drug-likeness (QED) is 0.232. The summed E-state index contributed by atoms with van der Waals surface area (Å²) in [5, 5.41) is 7.40. The SMILES string of the molecule is CCCCCCC(=O)N[C@H]1[C@H](C(F)(F)F)CC=C2[C@@H]1CCC1=Cc3c(cnn3-c3ccc(F)cc3)C[C@@]12C. The Hall–Kier alpha value is -2.90. The predicted molar refractivity (Wildman–Crippen MR) is 139 cm³/mol. The van der Waals surface area contributed by atoms with Crippen LogP contribution in [-0.4, -0.2) is 27.9 Å². The number of hydrogen-bond acceptors (Lipinski definition) is 2. The van der Waals surface area contributed by atoms with Crippen LogP contribution in [0.25, 0.3) is 11.8 Å². The van der Waals surface area contributed by atoms with Crippen LogP contribution in [0.15, 0.2) is 47.7 Å². The smallest absolute Gasteiger partial charge is 0.352 e. The zero-order chi connectivity index (χ0) is 27.1. The number of allylic oxidation sites excluding steroid dienone is 2. The van der Waals surface area contributed by atoms with Crippen molar-refractivity contribution in [2.45, 2.75) is 83.9 Å². The number of benzene rings is 1. The van der Waals surface area contributed by atoms with E-state index in [4.69, 9.17) is 0 Å². The van der Waals surface area contributed by atoms with E-state index < -0.39 is 23.6 Å². The number of unbranched alkanes of at least 4 members (excludes halogenated alkanes) is 3. The first kappa shape index (κ1) is 26.7. The highest BCUT2D eigenvalue weighted by Gasteiger charge is 2.54. The van der Waals surface area contributed by atoms with Gasteiger partial charge >= 0.3 is 6.18 Å². The molecule has 0 bridgehead atoms. The minimum atomic E-state index is -4.38. The fourth-order valence-corrected chi connectivity index (χ4v) is 6.74. The molecule has 0 saturated heterocycles. The molecule has 5 rings (SSSR count). The number of hydrogen-bond donors (Lipinski definition) is 1. The van der Waals surface area contributed by atoms with Crippen LogP contribution in [-0.2, 0) is 11.2 Å². The summed E-state index contributed by atoms with van der Waals surface area (Å²) in [6, 6.07) is 5.22. The average molecular weight is 530 g/mol. The lowest BCUT2D eigenvalue weighted by Gasteiger charge is -2.51. The van der Waals surface area contributed by atoms with Crippen molar-refractivity contribution in [3.63, 3.8) is 0 Å². The molecule has 0 aliphatic heterocycles. The lowest BCUT2D eigenvalue weighted by atomic mass is 9.55. The Balaban J connectivity index is 1.43. The number of carbonyl (C=O) groups excluding carboxylic acids is 1. The van der Waals surface area contributed by atoms with E-state index >= 15 is 0 Å². The number of nitrogens with zero attached hydrogens (tertiary/aromatic N) is 2. The molecule has 1 aromatic heterocycles. The molecule has 1 saturated carbocycles. The Kier molecular flexibility index (Phi) is 7.27. The van der Waals surface area contributed by atoms with Crippen LogP contribution in [0.1, 0.15) is 76.5 Å². The lowest BCUT2D eigenvalue weighted by Crippen LogP contribution is -2.55. The van der Waals surface area contributed by atoms with E-state index in [1.54, 1.807) is 29.1 Å². The zero-order valence-electron chi connectivity index (χ0n) is 22.0. The fraction of sp³-hybridized carbons (Fsp3) is 0.533. The third kappa shape index (κ3) is 4.94. The number of halogens is 4. The van der Waals surface area contributed by atoms with Crippen molar-refractivity contribution in [2.24, 2.45) is 17.3 Å². The van der Waals surface area contributed by atoms with Crippen LogP contribution < -0.4 is 5.32 Å². The maximum atomic E-state index is 14.1. The third-order valence-corrected chi connectivity index (χ3v) is 8.75. The first-order valence-corrected chi connectivity index (χ1v) is 13.7. The van der Waals surface area contributed by atoms with E-state index in [1.807, 2.05) is 0 Å². The Bertz CT molecular complexity index is 1240. The molecular formula is C30H35F4N3O. The summed E-state index contributed by atoms with van der Waals surface area (Å²) in [6.45, 7) is 4.20. The van der Waals surface area contributed by atoms with Gasteiger partial charge < -0.3 is 5.32 Å². The number of rotatable bonds is 7. The Morgan fingerprint density at radius 1 is 1.18 bits per heavy atom. The normalized spacial score (nSPS) is 26.5. The highest BCUT2D eigenvalue weighted by molar-refractivity contribution is 5.76. The van der Waals surface area contributed by atoms with Gasteiger partial charge in [0.2, 0.25) is 5.91 Å². The van der Waals surface area contributed by atoms with E-state index in [9.17, 15) is 22.4 Å². The molecule has 0 unspecified atom stereocenters. The molecule has 38 heavy (non-hydrogen) atoms. The van der Waals surface area contributed by atoms with E-state index in [1.165, 1.54) is 17.7 Å². The molecule has 3 aliphatic rings. The Morgan fingerprint density at radius 3 is 2.66 bits per heavy atom. The van der Waals surface area contributed by atoms with Gasteiger partial charge in [-0.3, -0.25) is 4.79 Å². The number of amides is 1. The second-order valence-electron chi connectivity index (χ2n) is 11.2. The molecule has 2 aromatic rings. The molecular weight excluding hydrogens is 494 g/mol. The summed E-state index contributed by atoms with van der Waals surface area (Å²) in [4.78, 5) is 12.8. The highest BCUT2D eigenvalue weighted by atomic mass is 19.4. The summed E-state index contributed by atoms with van der Waals surface area (Å²) in [7, 11) is 0. The van der Waals surface area contributed by atoms with Crippen LogP contribution in [0.2, 0.25) is 0 Å². The van der Waals surface area contributed by atoms with Crippen molar-refractivity contribution in [2.75, 3.05) is 0 Å². The molecule has 1 N–H and O–H groups in total. The molecule has 1 aromatic carbocycles. The monoisotopic (exact) mass is 529 g/mol. The molecule has 0 spiro atoms. The summed E-state index contributed by atoms with van der Waals surface area (Å²) < 4.78 is 57.7. The van der Waals surface area contributed by atoms with Crippen molar-refractivity contribution < 1.29 is 22.4 Å². The minimum Gasteiger partial charge on any atom is -0.352 e. The van der Waals surface area contributed by atoms with Crippen LogP contribution in [0.4, 0.5) is 17.6 Å². The summed E-state index contributed by atoms with van der Waals surface area (Å²) in [6.07, 6.45) is 6.98. The number of nitrogens with one attached hydrogen (secondary N) is 1. The number of aromatic nitrogens is 2. The number of alkyl halides is 3. The molecule has 1 heterocycles. The molecule has 3 aliphatic carbocycles. The predicted octanol–water partition coefficient (Wildman–Crippen LogP) is 7.33. The van der Waals surface area contributed by atoms with Gasteiger partial charge in [-0.15, -0.1) is 0 Å². The van der Waals surface area contributed by atoms with Crippen LogP contribution in [0.3, 0.4) is 0 Å². The van der Waals surface area contributed by atoms with Crippen LogP contribution in [0, 0.1) is 23.1 Å². The second kappa shape index (κ2) is 10.3. The first-order chi connectivity index (χ1) is 18.1. The number of fused-ring (bicyclic) bond motifs is 4. The minimum absolute atomic E-state index is 0.124. The van der Waals surface area contributed by atoms with Crippen molar-refractivity contribution in [3.05, 3.63) is 64.8 Å². The standard InChI is InChI=1S/C30H35F4N3O/c1-3-4-5-6-7-27(38)36-28-23-13-8-20-16-26-19(18-35-37(26)22-11-9-21(31)10-12-22)17-29(20,2)24(23)14-15-25(28)30(32,33)34/h9-12,14,16,18,23,25,28H,3-8,13,15,17H2,1-2H3,(H,36,38)/t23-,25+,28+,29-/m0/s1. The first-order valence-electron chi connectivity index (χ1n) is 13.7.